The third-order valence-electron chi connectivity index (χ3n) is 5.01. The molecule has 3 aromatic rings. The Hall–Kier alpha value is -2.79. The number of rotatable bonds is 5. The van der Waals surface area contributed by atoms with E-state index < -0.39 is 0 Å². The van der Waals surface area contributed by atoms with E-state index in [1.807, 2.05) is 36.5 Å². The maximum absolute atomic E-state index is 5.50. The molecule has 0 aliphatic carbocycles. The highest BCUT2D eigenvalue weighted by molar-refractivity contribution is 5.58. The maximum atomic E-state index is 5.50. The predicted molar refractivity (Wildman–Crippen MR) is 104 cm³/mol. The smallest absolute Gasteiger partial charge is 0.142 e. The zero-order valence-electron chi connectivity index (χ0n) is 15.1. The molecule has 1 aliphatic rings. The van der Waals surface area contributed by atoms with Crippen LogP contribution in [0, 0.1) is 0 Å². The Labute approximate surface area is 154 Å². The second-order valence-electron chi connectivity index (χ2n) is 6.71. The summed E-state index contributed by atoms with van der Waals surface area (Å²) in [6.07, 6.45) is 1.97. The molecule has 0 atom stereocenters. The second-order valence-corrected chi connectivity index (χ2v) is 6.71. The topological polar surface area (TPSA) is 45.6 Å². The fourth-order valence-electron chi connectivity index (χ4n) is 3.59. The van der Waals surface area contributed by atoms with E-state index in [0.717, 1.165) is 49.9 Å². The molecule has 1 aliphatic heterocycles. The fourth-order valence-corrected chi connectivity index (χ4v) is 3.59. The van der Waals surface area contributed by atoms with E-state index in [1.54, 1.807) is 12.0 Å². The van der Waals surface area contributed by atoms with Crippen LogP contribution in [0.4, 0.5) is 5.69 Å². The number of aromatic nitrogens is 2. The van der Waals surface area contributed by atoms with Crippen LogP contribution in [0.5, 0.6) is 5.75 Å². The molecular weight excluding hydrogens is 324 g/mol. The number of anilines is 1. The molecular formula is C21H25N4O+. The normalized spacial score (nSPS) is 15.2. The number of hydrogen-bond acceptors (Lipinski definition) is 3. The van der Waals surface area contributed by atoms with Crippen molar-refractivity contribution in [2.75, 3.05) is 38.2 Å². The minimum atomic E-state index is 0.952. The molecule has 2 N–H and O–H groups in total. The number of hydrogen-bond donors (Lipinski definition) is 2. The Kier molecular flexibility index (Phi) is 4.88. The number of para-hydroxylation sites is 2. The summed E-state index contributed by atoms with van der Waals surface area (Å²) in [6.45, 7) is 5.28. The number of quaternary nitrogens is 1. The quantitative estimate of drug-likeness (QED) is 0.741. The fraction of sp³-hybridized carbons (Fsp3) is 0.286. The molecule has 5 heteroatoms. The Balaban J connectivity index is 1.36. The number of nitrogens with zero attached hydrogens (tertiary/aromatic N) is 2. The van der Waals surface area contributed by atoms with Crippen LogP contribution in [0.3, 0.4) is 0 Å². The number of methoxy groups -OCH3 is 1. The van der Waals surface area contributed by atoms with Gasteiger partial charge in [-0.2, -0.15) is 0 Å². The van der Waals surface area contributed by atoms with Crippen LogP contribution in [-0.2, 0) is 6.54 Å². The van der Waals surface area contributed by atoms with Gasteiger partial charge < -0.3 is 19.5 Å². The van der Waals surface area contributed by atoms with Crippen LogP contribution in [0.15, 0.2) is 60.8 Å². The van der Waals surface area contributed by atoms with Crippen molar-refractivity contribution in [2.24, 2.45) is 0 Å². The van der Waals surface area contributed by atoms with Gasteiger partial charge in [-0.25, -0.2) is 4.98 Å². The van der Waals surface area contributed by atoms with Gasteiger partial charge in [0.15, 0.2) is 0 Å². The average Bonchev–Trinajstić information content (AvgIpc) is 3.18. The van der Waals surface area contributed by atoms with E-state index in [0.29, 0.717) is 0 Å². The number of piperazine rings is 1. The van der Waals surface area contributed by atoms with Gasteiger partial charge >= 0.3 is 0 Å². The molecule has 0 bridgehead atoms. The Morgan fingerprint density at radius 3 is 2.54 bits per heavy atom. The Morgan fingerprint density at radius 2 is 1.77 bits per heavy atom. The summed E-state index contributed by atoms with van der Waals surface area (Å²) in [6, 6.07) is 18.6. The lowest BCUT2D eigenvalue weighted by atomic mass is 10.2. The zero-order valence-corrected chi connectivity index (χ0v) is 15.1. The molecule has 0 radical (unpaired) electrons. The number of H-pyrrole nitrogens is 1. The van der Waals surface area contributed by atoms with Crippen LogP contribution >= 0.6 is 0 Å². The molecule has 134 valence electrons. The van der Waals surface area contributed by atoms with Gasteiger partial charge in [-0.15, -0.1) is 0 Å². The van der Waals surface area contributed by atoms with E-state index in [-0.39, 0.29) is 0 Å². The Morgan fingerprint density at radius 1 is 1.04 bits per heavy atom. The van der Waals surface area contributed by atoms with Crippen molar-refractivity contribution in [1.82, 2.24) is 9.97 Å². The molecule has 2 aromatic carbocycles. The standard InChI is InChI=1S/C21H24N4O/c1-26-20-10-6-5-9-19(20)25-13-11-24(12-14-25)16-18-15-22-21(23-18)17-7-3-2-4-8-17/h2-10,15H,11-14,16H2,1H3,(H,22,23)/p+1. The summed E-state index contributed by atoms with van der Waals surface area (Å²) in [5.41, 5.74) is 3.53. The average molecular weight is 349 g/mol. The predicted octanol–water partition coefficient (Wildman–Crippen LogP) is 1.99. The minimum absolute atomic E-state index is 0.952. The van der Waals surface area contributed by atoms with Crippen molar-refractivity contribution >= 4 is 5.69 Å². The molecule has 2 heterocycles. The molecule has 0 saturated carbocycles. The first-order chi connectivity index (χ1) is 12.8. The number of imidazole rings is 1. The lowest BCUT2D eigenvalue weighted by Crippen LogP contribution is -3.13. The van der Waals surface area contributed by atoms with E-state index in [1.165, 1.54) is 11.4 Å². The second kappa shape index (κ2) is 7.62. The summed E-state index contributed by atoms with van der Waals surface area (Å²) in [5, 5.41) is 0. The third kappa shape index (κ3) is 3.58. The highest BCUT2D eigenvalue weighted by Gasteiger charge is 2.22. The summed E-state index contributed by atoms with van der Waals surface area (Å²) in [5.74, 6) is 1.91. The van der Waals surface area contributed by atoms with Gasteiger partial charge in [0.2, 0.25) is 0 Å². The molecule has 1 saturated heterocycles. The molecule has 5 nitrogen and oxygen atoms in total. The maximum Gasteiger partial charge on any atom is 0.142 e. The third-order valence-corrected chi connectivity index (χ3v) is 5.01. The molecule has 1 fully saturated rings. The van der Waals surface area contributed by atoms with Gasteiger partial charge in [0.05, 0.1) is 50.9 Å². The van der Waals surface area contributed by atoms with Crippen LogP contribution < -0.4 is 14.5 Å². The van der Waals surface area contributed by atoms with E-state index in [9.17, 15) is 0 Å². The Bertz CT molecular complexity index is 838. The van der Waals surface area contributed by atoms with Gasteiger partial charge in [0.1, 0.15) is 18.1 Å². The van der Waals surface area contributed by atoms with E-state index in [2.05, 4.69) is 39.1 Å². The molecule has 26 heavy (non-hydrogen) atoms. The molecule has 0 amide bonds. The van der Waals surface area contributed by atoms with Crippen LogP contribution in [0.1, 0.15) is 5.69 Å². The molecule has 0 unspecified atom stereocenters. The number of ether oxygens (including phenoxy) is 1. The highest BCUT2D eigenvalue weighted by atomic mass is 16.5. The first-order valence-electron chi connectivity index (χ1n) is 9.14. The number of aromatic amines is 1. The SMILES string of the molecule is COc1ccccc1N1CC[NH+](Cc2cnc(-c3ccccc3)[nH]2)CC1. The van der Waals surface area contributed by atoms with E-state index >= 15 is 0 Å². The highest BCUT2D eigenvalue weighted by Crippen LogP contribution is 2.27. The number of benzene rings is 2. The van der Waals surface area contributed by atoms with Crippen LogP contribution in [0.2, 0.25) is 0 Å². The van der Waals surface area contributed by atoms with Gasteiger partial charge in [-0.1, -0.05) is 42.5 Å². The van der Waals surface area contributed by atoms with Gasteiger partial charge in [-0.05, 0) is 12.1 Å². The van der Waals surface area contributed by atoms with Gasteiger partial charge in [0, 0.05) is 5.56 Å². The van der Waals surface area contributed by atoms with Crippen LogP contribution in [-0.4, -0.2) is 43.3 Å². The van der Waals surface area contributed by atoms with Crippen molar-refractivity contribution in [3.8, 4) is 17.1 Å². The molecule has 1 aromatic heterocycles. The minimum Gasteiger partial charge on any atom is -0.495 e. The molecule has 0 spiro atoms. The monoisotopic (exact) mass is 349 g/mol. The summed E-state index contributed by atoms with van der Waals surface area (Å²) >= 11 is 0. The van der Waals surface area contributed by atoms with Crippen molar-refractivity contribution in [2.45, 2.75) is 6.54 Å². The molecule has 4 rings (SSSR count). The van der Waals surface area contributed by atoms with Crippen LogP contribution in [0.25, 0.3) is 11.4 Å². The van der Waals surface area contributed by atoms with Crippen molar-refractivity contribution < 1.29 is 9.64 Å². The van der Waals surface area contributed by atoms with Gasteiger partial charge in [-0.3, -0.25) is 0 Å². The summed E-state index contributed by atoms with van der Waals surface area (Å²) in [7, 11) is 1.74. The number of nitrogens with one attached hydrogen (secondary N) is 2. The lowest BCUT2D eigenvalue weighted by molar-refractivity contribution is -0.914. The first kappa shape index (κ1) is 16.7. The van der Waals surface area contributed by atoms with Crippen molar-refractivity contribution in [1.29, 1.82) is 0 Å². The van der Waals surface area contributed by atoms with E-state index in [4.69, 9.17) is 4.74 Å². The first-order valence-corrected chi connectivity index (χ1v) is 9.14. The summed E-state index contributed by atoms with van der Waals surface area (Å²) < 4.78 is 5.50. The lowest BCUT2D eigenvalue weighted by Gasteiger charge is -2.34. The zero-order chi connectivity index (χ0) is 17.8. The largest absolute Gasteiger partial charge is 0.495 e. The van der Waals surface area contributed by atoms with Gasteiger partial charge in [0.25, 0.3) is 0 Å². The van der Waals surface area contributed by atoms with Crippen molar-refractivity contribution in [3.63, 3.8) is 0 Å². The summed E-state index contributed by atoms with van der Waals surface area (Å²) in [4.78, 5) is 12.0. The van der Waals surface area contributed by atoms with Crippen molar-refractivity contribution in [3.05, 3.63) is 66.5 Å².